The van der Waals surface area contributed by atoms with Crippen LogP contribution in [0.3, 0.4) is 0 Å². The van der Waals surface area contributed by atoms with Crippen molar-refractivity contribution in [3.05, 3.63) is 21.4 Å². The van der Waals surface area contributed by atoms with Crippen molar-refractivity contribution in [2.75, 3.05) is 13.2 Å². The third kappa shape index (κ3) is 6.18. The van der Waals surface area contributed by atoms with E-state index in [2.05, 4.69) is 30.4 Å². The summed E-state index contributed by atoms with van der Waals surface area (Å²) >= 11 is 3.38. The van der Waals surface area contributed by atoms with Crippen molar-refractivity contribution in [3.63, 3.8) is 0 Å². The molecule has 43 heavy (non-hydrogen) atoms. The summed E-state index contributed by atoms with van der Waals surface area (Å²) in [7, 11) is -9.54. The van der Waals surface area contributed by atoms with Crippen LogP contribution in [0.5, 0.6) is 0 Å². The fourth-order valence-electron chi connectivity index (χ4n) is 6.27. The first-order chi connectivity index (χ1) is 19.8. The normalized spacial score (nSPS) is 35.1. The van der Waals surface area contributed by atoms with Crippen LogP contribution >= 0.6 is 31.6 Å². The van der Waals surface area contributed by atoms with Gasteiger partial charge >= 0.3 is 15.6 Å². The third-order valence-electron chi connectivity index (χ3n) is 7.74. The number of hydrogen-bond acceptors (Lipinski definition) is 12. The van der Waals surface area contributed by atoms with E-state index >= 15 is 0 Å². The molecule has 4 N–H and O–H groups in total. The van der Waals surface area contributed by atoms with Crippen molar-refractivity contribution < 1.29 is 61.4 Å². The minimum absolute atomic E-state index is 0.0211. The molecule has 5 heterocycles. The third-order valence-corrected chi connectivity index (χ3v) is 9.27. The molecule has 6 rings (SSSR count). The molecule has 0 spiro atoms. The minimum Gasteiger partial charge on any atom is -0.347 e. The molecular formula is C22H31BrN4O14P2. The van der Waals surface area contributed by atoms with Gasteiger partial charge in [0.1, 0.15) is 30.7 Å². The summed E-state index contributed by atoms with van der Waals surface area (Å²) in [6.45, 7) is 5.99. The highest BCUT2D eigenvalue weighted by molar-refractivity contribution is 9.10. The van der Waals surface area contributed by atoms with E-state index in [-0.39, 0.29) is 28.9 Å². The molecule has 1 saturated carbocycles. The van der Waals surface area contributed by atoms with Crippen molar-refractivity contribution in [3.8, 4) is 0 Å². The Kier molecular flexibility index (Phi) is 7.92. The Bertz CT molecular complexity index is 1570. The van der Waals surface area contributed by atoms with Gasteiger partial charge in [0.05, 0.1) is 25.4 Å². The number of phosphoric acid groups is 2. The topological polar surface area (TPSA) is 232 Å². The van der Waals surface area contributed by atoms with E-state index in [1.165, 1.54) is 15.5 Å². The molecule has 18 nitrogen and oxygen atoms in total. The SMILES string of the molecule is CC1(C)O[C@@H]2[C@@H](COP(=O)(O)O)C[C@@H](n3cnc4c(nc(Br)n4[C@@H]4O[C@H](COP(=O)(O)O)[C@H]5OC(C)(C)O[C@H]54)c3=O)[C@@H]2O1. The van der Waals surface area contributed by atoms with Crippen molar-refractivity contribution >= 4 is 42.7 Å². The Morgan fingerprint density at radius 2 is 1.53 bits per heavy atom. The molecule has 0 bridgehead atoms. The number of rotatable bonds is 8. The molecule has 0 aromatic carbocycles. The first-order valence-electron chi connectivity index (χ1n) is 13.2. The molecule has 2 aromatic rings. The number of fused-ring (bicyclic) bond motifs is 3. The Balaban J connectivity index is 1.33. The molecule has 0 radical (unpaired) electrons. The molecule has 0 amide bonds. The van der Waals surface area contributed by atoms with Crippen LogP contribution in [-0.2, 0) is 41.9 Å². The van der Waals surface area contributed by atoms with Crippen LogP contribution in [0.1, 0.15) is 46.4 Å². The number of aromatic nitrogens is 4. The number of imidazole rings is 1. The summed E-state index contributed by atoms with van der Waals surface area (Å²) in [5, 5.41) is 0. The van der Waals surface area contributed by atoms with Gasteiger partial charge in [0, 0.05) is 5.92 Å². The predicted octanol–water partition coefficient (Wildman–Crippen LogP) is 1.07. The fraction of sp³-hybridized carbons (Fsp3) is 0.773. The van der Waals surface area contributed by atoms with Gasteiger partial charge in [-0.05, 0) is 50.0 Å². The van der Waals surface area contributed by atoms with Crippen molar-refractivity contribution in [1.82, 2.24) is 19.1 Å². The lowest BCUT2D eigenvalue weighted by Crippen LogP contribution is -2.34. The van der Waals surface area contributed by atoms with Crippen LogP contribution in [-0.4, -0.2) is 94.0 Å². The number of ether oxygens (including phenoxy) is 5. The minimum atomic E-state index is -4.80. The van der Waals surface area contributed by atoms with Crippen LogP contribution < -0.4 is 5.56 Å². The number of hydrogen-bond donors (Lipinski definition) is 4. The van der Waals surface area contributed by atoms with Crippen molar-refractivity contribution in [2.45, 2.75) is 88.5 Å². The lowest BCUT2D eigenvalue weighted by atomic mass is 10.1. The van der Waals surface area contributed by atoms with Crippen molar-refractivity contribution in [2.24, 2.45) is 5.92 Å². The van der Waals surface area contributed by atoms with Gasteiger partial charge in [-0.15, -0.1) is 0 Å². The molecule has 3 aliphatic heterocycles. The monoisotopic (exact) mass is 716 g/mol. The van der Waals surface area contributed by atoms with Gasteiger partial charge in [-0.25, -0.2) is 19.1 Å². The van der Waals surface area contributed by atoms with Gasteiger partial charge < -0.3 is 43.3 Å². The zero-order valence-electron chi connectivity index (χ0n) is 23.3. The Morgan fingerprint density at radius 1 is 0.953 bits per heavy atom. The first kappa shape index (κ1) is 31.8. The number of halogens is 1. The van der Waals surface area contributed by atoms with E-state index in [4.69, 9.17) is 28.2 Å². The van der Waals surface area contributed by atoms with E-state index in [1.54, 1.807) is 27.7 Å². The van der Waals surface area contributed by atoms with Crippen LogP contribution in [0.4, 0.5) is 0 Å². The van der Waals surface area contributed by atoms with Gasteiger partial charge in [0.15, 0.2) is 33.7 Å². The van der Waals surface area contributed by atoms with E-state index < -0.39 is 88.1 Å². The summed E-state index contributed by atoms with van der Waals surface area (Å²) in [4.78, 5) is 59.6. The molecular weight excluding hydrogens is 686 g/mol. The Labute approximate surface area is 252 Å². The molecule has 1 aliphatic carbocycles. The summed E-state index contributed by atoms with van der Waals surface area (Å²) in [5.41, 5.74) is -0.397. The zero-order valence-corrected chi connectivity index (χ0v) is 26.6. The Morgan fingerprint density at radius 3 is 2.19 bits per heavy atom. The molecule has 2 aromatic heterocycles. The molecule has 240 valence electrons. The second-order valence-electron chi connectivity index (χ2n) is 11.7. The van der Waals surface area contributed by atoms with Gasteiger partial charge in [-0.2, -0.15) is 0 Å². The fourth-order valence-corrected chi connectivity index (χ4v) is 7.55. The number of nitrogens with zero attached hydrogens (tertiary/aromatic N) is 4. The highest BCUT2D eigenvalue weighted by atomic mass is 79.9. The van der Waals surface area contributed by atoms with Crippen LogP contribution in [0.15, 0.2) is 15.9 Å². The molecule has 4 aliphatic rings. The van der Waals surface area contributed by atoms with Crippen molar-refractivity contribution in [1.29, 1.82) is 0 Å². The van der Waals surface area contributed by atoms with Crippen LogP contribution in [0, 0.1) is 5.92 Å². The molecule has 8 atom stereocenters. The zero-order chi connectivity index (χ0) is 31.3. The van der Waals surface area contributed by atoms with Gasteiger partial charge in [-0.1, -0.05) is 0 Å². The second kappa shape index (κ2) is 10.7. The average molecular weight is 717 g/mol. The highest BCUT2D eigenvalue weighted by Gasteiger charge is 2.58. The summed E-state index contributed by atoms with van der Waals surface area (Å²) in [5.74, 6) is -2.54. The summed E-state index contributed by atoms with van der Waals surface area (Å²) in [6, 6.07) is -0.612. The highest BCUT2D eigenvalue weighted by Crippen LogP contribution is 2.49. The second-order valence-corrected chi connectivity index (χ2v) is 14.9. The average Bonchev–Trinajstić information content (AvgIpc) is 3.61. The molecule has 0 unspecified atom stereocenters. The maximum atomic E-state index is 13.8. The molecule has 21 heteroatoms. The smallest absolute Gasteiger partial charge is 0.347 e. The molecule has 3 saturated heterocycles. The van der Waals surface area contributed by atoms with Crippen LogP contribution in [0.25, 0.3) is 11.2 Å². The lowest BCUT2D eigenvalue weighted by Gasteiger charge is -2.25. The summed E-state index contributed by atoms with van der Waals surface area (Å²) < 4.78 is 65.4. The van der Waals surface area contributed by atoms with E-state index in [9.17, 15) is 33.5 Å². The van der Waals surface area contributed by atoms with E-state index in [1.807, 2.05) is 0 Å². The quantitative estimate of drug-likeness (QED) is 0.221. The van der Waals surface area contributed by atoms with E-state index in [0.717, 1.165) is 0 Å². The first-order valence-corrected chi connectivity index (χ1v) is 17.1. The predicted molar refractivity (Wildman–Crippen MR) is 144 cm³/mol. The maximum absolute atomic E-state index is 13.8. The maximum Gasteiger partial charge on any atom is 0.469 e. The van der Waals surface area contributed by atoms with E-state index in [0.29, 0.717) is 0 Å². The standard InChI is InChI=1S/C22H31BrN4O14P2/c1-21(2)38-13-9(6-35-42(29,30)31)5-10(14(13)39-21)26-8-24-17-12(18(26)28)25-20(23)27(17)19-16-15(40-22(3,4)41-16)11(37-19)7-36-43(32,33)34/h8-11,13-16,19H,5-7H2,1-4H3,(H2,29,30,31)(H2,32,33,34)/t9-,10-,11-,13-,14+,15-,16-,19-/m1/s1. The number of phosphoric ester groups is 2. The Hall–Kier alpha value is -1.15. The van der Waals surface area contributed by atoms with Gasteiger partial charge in [-0.3, -0.25) is 23.0 Å². The largest absolute Gasteiger partial charge is 0.469 e. The summed E-state index contributed by atoms with van der Waals surface area (Å²) in [6.07, 6.45) is -3.08. The molecule has 4 fully saturated rings. The van der Waals surface area contributed by atoms with Crippen LogP contribution in [0.2, 0.25) is 0 Å². The van der Waals surface area contributed by atoms with Gasteiger partial charge in [0.2, 0.25) is 0 Å². The van der Waals surface area contributed by atoms with Gasteiger partial charge in [0.25, 0.3) is 5.56 Å². The lowest BCUT2D eigenvalue weighted by molar-refractivity contribution is -0.199.